The zero-order valence-electron chi connectivity index (χ0n) is 12.3. The summed E-state index contributed by atoms with van der Waals surface area (Å²) in [7, 11) is 0. The number of aryl methyl sites for hydroxylation is 1. The second-order valence-corrected chi connectivity index (χ2v) is 5.03. The Morgan fingerprint density at radius 1 is 1.24 bits per heavy atom. The van der Waals surface area contributed by atoms with Gasteiger partial charge in [-0.1, -0.05) is 35.9 Å². The lowest BCUT2D eigenvalue weighted by atomic mass is 10.1. The molecule has 110 valence electrons. The standard InChI is InChI=1S/C17H20N2O2/c1-12-8-9-16(15(10-12)13(2)18)21-11-17(20)19-14-6-4-3-5-7-14/h3-10,13H,11,18H2,1-2H3,(H,19,20). The molecule has 0 spiro atoms. The van der Waals surface area contributed by atoms with E-state index in [1.165, 1.54) is 0 Å². The van der Waals surface area contributed by atoms with E-state index in [4.69, 9.17) is 10.5 Å². The fourth-order valence-corrected chi connectivity index (χ4v) is 2.02. The summed E-state index contributed by atoms with van der Waals surface area (Å²) >= 11 is 0. The number of nitrogens with one attached hydrogen (secondary N) is 1. The number of benzene rings is 2. The van der Waals surface area contributed by atoms with Gasteiger partial charge in [-0.25, -0.2) is 0 Å². The molecular formula is C17H20N2O2. The number of hydrogen-bond donors (Lipinski definition) is 2. The minimum atomic E-state index is -0.197. The molecule has 21 heavy (non-hydrogen) atoms. The Kier molecular flexibility index (Phi) is 4.95. The summed E-state index contributed by atoms with van der Waals surface area (Å²) < 4.78 is 5.60. The Labute approximate surface area is 124 Å². The van der Waals surface area contributed by atoms with Crippen molar-refractivity contribution < 1.29 is 9.53 Å². The van der Waals surface area contributed by atoms with Gasteiger partial charge in [0, 0.05) is 17.3 Å². The van der Waals surface area contributed by atoms with Crippen molar-refractivity contribution in [1.29, 1.82) is 0 Å². The summed E-state index contributed by atoms with van der Waals surface area (Å²) in [4.78, 5) is 11.9. The van der Waals surface area contributed by atoms with Crippen LogP contribution >= 0.6 is 0 Å². The molecule has 1 atom stereocenters. The molecule has 3 N–H and O–H groups in total. The Morgan fingerprint density at radius 2 is 1.95 bits per heavy atom. The van der Waals surface area contributed by atoms with Crippen molar-refractivity contribution in [3.05, 3.63) is 59.7 Å². The number of carbonyl (C=O) groups excluding carboxylic acids is 1. The monoisotopic (exact) mass is 284 g/mol. The molecule has 0 bridgehead atoms. The molecule has 2 aromatic rings. The number of anilines is 1. The number of hydrogen-bond acceptors (Lipinski definition) is 3. The summed E-state index contributed by atoms with van der Waals surface area (Å²) in [5.74, 6) is 0.455. The van der Waals surface area contributed by atoms with Crippen LogP contribution in [0, 0.1) is 6.92 Å². The van der Waals surface area contributed by atoms with Crippen LogP contribution in [0.1, 0.15) is 24.1 Å². The molecule has 2 rings (SSSR count). The van der Waals surface area contributed by atoms with E-state index >= 15 is 0 Å². The molecule has 0 aliphatic heterocycles. The van der Waals surface area contributed by atoms with Crippen LogP contribution in [0.2, 0.25) is 0 Å². The molecule has 1 unspecified atom stereocenters. The van der Waals surface area contributed by atoms with Gasteiger partial charge in [0.2, 0.25) is 0 Å². The summed E-state index contributed by atoms with van der Waals surface area (Å²) in [5, 5.41) is 2.78. The number of rotatable bonds is 5. The first-order valence-corrected chi connectivity index (χ1v) is 6.90. The Bertz CT molecular complexity index is 609. The third-order valence-electron chi connectivity index (χ3n) is 3.07. The fraction of sp³-hybridized carbons (Fsp3) is 0.235. The highest BCUT2D eigenvalue weighted by Gasteiger charge is 2.10. The maximum absolute atomic E-state index is 11.9. The van der Waals surface area contributed by atoms with E-state index in [9.17, 15) is 4.79 Å². The van der Waals surface area contributed by atoms with Crippen LogP contribution < -0.4 is 15.8 Å². The lowest BCUT2D eigenvalue weighted by Gasteiger charge is -2.14. The topological polar surface area (TPSA) is 64.3 Å². The molecular weight excluding hydrogens is 264 g/mol. The lowest BCUT2D eigenvalue weighted by Crippen LogP contribution is -2.21. The summed E-state index contributed by atoms with van der Waals surface area (Å²) in [6.07, 6.45) is 0. The van der Waals surface area contributed by atoms with Crippen molar-refractivity contribution in [2.75, 3.05) is 11.9 Å². The SMILES string of the molecule is Cc1ccc(OCC(=O)Nc2ccccc2)c(C(C)N)c1. The van der Waals surface area contributed by atoms with Gasteiger partial charge in [-0.2, -0.15) is 0 Å². The molecule has 4 nitrogen and oxygen atoms in total. The summed E-state index contributed by atoms with van der Waals surface area (Å²) in [5.41, 5.74) is 8.70. The van der Waals surface area contributed by atoms with Crippen molar-refractivity contribution >= 4 is 11.6 Å². The maximum atomic E-state index is 11.9. The minimum absolute atomic E-state index is 0.0440. The second-order valence-electron chi connectivity index (χ2n) is 5.03. The quantitative estimate of drug-likeness (QED) is 0.887. The first kappa shape index (κ1) is 15.1. The van der Waals surface area contributed by atoms with Crippen molar-refractivity contribution in [1.82, 2.24) is 0 Å². The predicted molar refractivity (Wildman–Crippen MR) is 84.3 cm³/mol. The summed E-state index contributed by atoms with van der Waals surface area (Å²) in [6.45, 7) is 3.85. The Morgan fingerprint density at radius 3 is 2.62 bits per heavy atom. The molecule has 0 aliphatic rings. The molecule has 0 fully saturated rings. The average molecular weight is 284 g/mol. The normalized spacial score (nSPS) is 11.8. The van der Waals surface area contributed by atoms with E-state index in [0.717, 1.165) is 16.8 Å². The van der Waals surface area contributed by atoms with Crippen LogP contribution in [-0.4, -0.2) is 12.5 Å². The molecule has 0 saturated carbocycles. The highest BCUT2D eigenvalue weighted by Crippen LogP contribution is 2.25. The van der Waals surface area contributed by atoms with Gasteiger partial charge < -0.3 is 15.8 Å². The largest absolute Gasteiger partial charge is 0.483 e. The van der Waals surface area contributed by atoms with Gasteiger partial charge in [0.1, 0.15) is 5.75 Å². The smallest absolute Gasteiger partial charge is 0.262 e. The van der Waals surface area contributed by atoms with Gasteiger partial charge >= 0.3 is 0 Å². The highest BCUT2D eigenvalue weighted by atomic mass is 16.5. The van der Waals surface area contributed by atoms with E-state index in [-0.39, 0.29) is 18.6 Å². The number of ether oxygens (including phenoxy) is 1. The van der Waals surface area contributed by atoms with Crippen molar-refractivity contribution in [2.45, 2.75) is 19.9 Å². The molecule has 0 aromatic heterocycles. The van der Waals surface area contributed by atoms with E-state index in [1.54, 1.807) is 0 Å². The van der Waals surface area contributed by atoms with Gasteiger partial charge in [-0.05, 0) is 32.0 Å². The van der Waals surface area contributed by atoms with Crippen LogP contribution in [-0.2, 0) is 4.79 Å². The van der Waals surface area contributed by atoms with Gasteiger partial charge in [0.25, 0.3) is 5.91 Å². The Hall–Kier alpha value is -2.33. The van der Waals surface area contributed by atoms with Crippen LogP contribution in [0.3, 0.4) is 0 Å². The fourth-order valence-electron chi connectivity index (χ4n) is 2.02. The predicted octanol–water partition coefficient (Wildman–Crippen LogP) is 3.03. The van der Waals surface area contributed by atoms with Crippen molar-refractivity contribution in [3.8, 4) is 5.75 Å². The first-order valence-electron chi connectivity index (χ1n) is 6.90. The number of carbonyl (C=O) groups is 1. The zero-order chi connectivity index (χ0) is 15.2. The van der Waals surface area contributed by atoms with Crippen LogP contribution in [0.25, 0.3) is 0 Å². The van der Waals surface area contributed by atoms with Crippen LogP contribution in [0.15, 0.2) is 48.5 Å². The molecule has 1 amide bonds. The Balaban J connectivity index is 1.98. The van der Waals surface area contributed by atoms with E-state index in [2.05, 4.69) is 5.32 Å². The number of para-hydroxylation sites is 1. The van der Waals surface area contributed by atoms with Gasteiger partial charge in [0.05, 0.1) is 0 Å². The summed E-state index contributed by atoms with van der Waals surface area (Å²) in [6, 6.07) is 14.9. The van der Waals surface area contributed by atoms with Crippen molar-refractivity contribution in [2.24, 2.45) is 5.73 Å². The third-order valence-corrected chi connectivity index (χ3v) is 3.07. The van der Waals surface area contributed by atoms with Gasteiger partial charge in [-0.3, -0.25) is 4.79 Å². The van der Waals surface area contributed by atoms with E-state index in [0.29, 0.717) is 5.75 Å². The van der Waals surface area contributed by atoms with E-state index < -0.39 is 0 Å². The minimum Gasteiger partial charge on any atom is -0.483 e. The molecule has 0 saturated heterocycles. The number of nitrogens with two attached hydrogens (primary N) is 1. The van der Waals surface area contributed by atoms with Gasteiger partial charge in [-0.15, -0.1) is 0 Å². The first-order chi connectivity index (χ1) is 10.1. The molecule has 2 aromatic carbocycles. The zero-order valence-corrected chi connectivity index (χ0v) is 12.3. The molecule has 0 radical (unpaired) electrons. The lowest BCUT2D eigenvalue weighted by molar-refractivity contribution is -0.118. The van der Waals surface area contributed by atoms with E-state index in [1.807, 2.05) is 62.4 Å². The second kappa shape index (κ2) is 6.90. The molecule has 4 heteroatoms. The van der Waals surface area contributed by atoms with Crippen LogP contribution in [0.5, 0.6) is 5.75 Å². The van der Waals surface area contributed by atoms with Crippen LogP contribution in [0.4, 0.5) is 5.69 Å². The third kappa shape index (κ3) is 4.33. The van der Waals surface area contributed by atoms with Crippen molar-refractivity contribution in [3.63, 3.8) is 0 Å². The molecule has 0 aliphatic carbocycles. The number of amides is 1. The molecule has 0 heterocycles. The maximum Gasteiger partial charge on any atom is 0.262 e. The van der Waals surface area contributed by atoms with Gasteiger partial charge in [0.15, 0.2) is 6.61 Å². The average Bonchev–Trinajstić information content (AvgIpc) is 2.47. The highest BCUT2D eigenvalue weighted by molar-refractivity contribution is 5.91.